The second-order valence-corrected chi connectivity index (χ2v) is 7.82. The van der Waals surface area contributed by atoms with Crippen molar-refractivity contribution in [2.45, 2.75) is 38.8 Å². The molecule has 1 atom stereocenters. The summed E-state index contributed by atoms with van der Waals surface area (Å²) in [5.41, 5.74) is 1.13. The first-order valence-corrected chi connectivity index (χ1v) is 10.4. The average molecular weight is 398 g/mol. The van der Waals surface area contributed by atoms with E-state index < -0.39 is 5.97 Å². The van der Waals surface area contributed by atoms with Gasteiger partial charge in [0.15, 0.2) is 0 Å². The third-order valence-corrected chi connectivity index (χ3v) is 5.85. The highest BCUT2D eigenvalue weighted by Crippen LogP contribution is 2.24. The van der Waals surface area contributed by atoms with Crippen LogP contribution in [0.15, 0.2) is 42.5 Å². The van der Waals surface area contributed by atoms with Crippen LogP contribution in [0.2, 0.25) is 0 Å². The summed E-state index contributed by atoms with van der Waals surface area (Å²) in [7, 11) is 0. The molecule has 1 aliphatic rings. The van der Waals surface area contributed by atoms with E-state index in [-0.39, 0.29) is 24.5 Å². The number of hydrogen-bond donors (Lipinski definition) is 2. The van der Waals surface area contributed by atoms with Gasteiger partial charge in [0.25, 0.3) is 0 Å². The lowest BCUT2D eigenvalue weighted by Gasteiger charge is -2.37. The summed E-state index contributed by atoms with van der Waals surface area (Å²) in [6, 6.07) is 14.6. The number of nitrogens with zero attached hydrogens (tertiary/aromatic N) is 2. The highest BCUT2D eigenvalue weighted by molar-refractivity contribution is 5.87. The number of carboxylic acids is 1. The summed E-state index contributed by atoms with van der Waals surface area (Å²) in [6.07, 6.45) is 1.79. The second-order valence-electron chi connectivity index (χ2n) is 7.82. The van der Waals surface area contributed by atoms with E-state index >= 15 is 0 Å². The Morgan fingerprint density at radius 2 is 1.86 bits per heavy atom. The molecule has 0 spiro atoms. The Bertz CT molecular complexity index is 841. The van der Waals surface area contributed by atoms with Crippen LogP contribution in [0.5, 0.6) is 0 Å². The van der Waals surface area contributed by atoms with E-state index in [0.29, 0.717) is 6.54 Å². The number of likely N-dealkylation sites (tertiary alicyclic amines) is 1. The topological polar surface area (TPSA) is 72.9 Å². The Morgan fingerprint density at radius 3 is 2.55 bits per heavy atom. The van der Waals surface area contributed by atoms with Gasteiger partial charge < -0.3 is 10.4 Å². The van der Waals surface area contributed by atoms with Crippen LogP contribution in [-0.2, 0) is 9.59 Å². The number of carbonyl (C=O) groups excluding carboxylic acids is 1. The fourth-order valence-electron chi connectivity index (χ4n) is 4.31. The Labute approximate surface area is 172 Å². The number of rotatable bonds is 8. The van der Waals surface area contributed by atoms with Crippen LogP contribution in [0.1, 0.15) is 38.3 Å². The molecule has 1 heterocycles. The number of likely N-dealkylation sites (N-methyl/N-ethyl adjacent to an activating group) is 1. The molecule has 3 rings (SSSR count). The summed E-state index contributed by atoms with van der Waals surface area (Å²) < 4.78 is 0. The van der Waals surface area contributed by atoms with E-state index in [1.165, 1.54) is 10.8 Å². The molecule has 1 saturated heterocycles. The molecule has 1 amide bonds. The number of benzene rings is 2. The molecule has 2 aromatic rings. The Hall–Kier alpha value is -2.44. The lowest BCUT2D eigenvalue weighted by atomic mass is 9.99. The molecule has 0 bridgehead atoms. The van der Waals surface area contributed by atoms with Gasteiger partial charge in [0.2, 0.25) is 5.91 Å². The normalized spacial score (nSPS) is 16.8. The molecular formula is C23H31N3O3. The van der Waals surface area contributed by atoms with Crippen molar-refractivity contribution in [1.82, 2.24) is 15.1 Å². The molecule has 1 fully saturated rings. The molecule has 0 radical (unpaired) electrons. The Kier molecular flexibility index (Phi) is 7.23. The van der Waals surface area contributed by atoms with Crippen LogP contribution >= 0.6 is 0 Å². The monoisotopic (exact) mass is 397 g/mol. The predicted octanol–water partition coefficient (Wildman–Crippen LogP) is 2.89. The van der Waals surface area contributed by atoms with Gasteiger partial charge in [-0.2, -0.15) is 0 Å². The highest BCUT2D eigenvalue weighted by atomic mass is 16.4. The number of carbonyl (C=O) groups is 2. The predicted molar refractivity (Wildman–Crippen MR) is 115 cm³/mol. The molecule has 29 heavy (non-hydrogen) atoms. The summed E-state index contributed by atoms with van der Waals surface area (Å²) in [4.78, 5) is 27.8. The van der Waals surface area contributed by atoms with Crippen LogP contribution in [-0.4, -0.2) is 65.5 Å². The molecular weight excluding hydrogens is 366 g/mol. The number of aliphatic carboxylic acids is 1. The van der Waals surface area contributed by atoms with Crippen molar-refractivity contribution in [1.29, 1.82) is 0 Å². The fraction of sp³-hybridized carbons (Fsp3) is 0.478. The van der Waals surface area contributed by atoms with E-state index in [2.05, 4.69) is 34.5 Å². The SMILES string of the molecule is CCN(CC(=O)O)C1CCN(CC(=O)NC(C)c2cccc3ccccc23)CC1. The summed E-state index contributed by atoms with van der Waals surface area (Å²) in [5.74, 6) is -0.752. The van der Waals surface area contributed by atoms with Crippen LogP contribution in [0, 0.1) is 0 Å². The third kappa shape index (κ3) is 5.55. The van der Waals surface area contributed by atoms with E-state index in [9.17, 15) is 9.59 Å². The van der Waals surface area contributed by atoms with Gasteiger partial charge in [-0.05, 0) is 42.6 Å². The van der Waals surface area contributed by atoms with Gasteiger partial charge in [0.1, 0.15) is 0 Å². The molecule has 0 aliphatic carbocycles. The van der Waals surface area contributed by atoms with Crippen LogP contribution in [0.25, 0.3) is 10.8 Å². The molecule has 2 N–H and O–H groups in total. The molecule has 0 saturated carbocycles. The van der Waals surface area contributed by atoms with Gasteiger partial charge in [-0.25, -0.2) is 0 Å². The summed E-state index contributed by atoms with van der Waals surface area (Å²) in [5, 5.41) is 14.5. The molecule has 0 aromatic heterocycles. The maximum Gasteiger partial charge on any atom is 0.317 e. The Balaban J connectivity index is 1.52. The molecule has 156 valence electrons. The zero-order chi connectivity index (χ0) is 20.8. The molecule has 1 aliphatic heterocycles. The molecule has 2 aromatic carbocycles. The minimum absolute atomic E-state index is 0.0294. The van der Waals surface area contributed by atoms with Crippen molar-refractivity contribution < 1.29 is 14.7 Å². The van der Waals surface area contributed by atoms with E-state index in [4.69, 9.17) is 5.11 Å². The minimum Gasteiger partial charge on any atom is -0.480 e. The van der Waals surface area contributed by atoms with Crippen LogP contribution in [0.3, 0.4) is 0 Å². The number of piperidine rings is 1. The lowest BCUT2D eigenvalue weighted by Crippen LogP contribution is -2.48. The standard InChI is InChI=1S/C23H31N3O3/c1-3-26(16-23(28)29)19-11-13-25(14-12-19)15-22(27)24-17(2)20-10-6-8-18-7-4-5-9-21(18)20/h4-10,17,19H,3,11-16H2,1-2H3,(H,24,27)(H,28,29). The number of amides is 1. The van der Waals surface area contributed by atoms with Gasteiger partial charge in [0.05, 0.1) is 19.1 Å². The van der Waals surface area contributed by atoms with Gasteiger partial charge in [0, 0.05) is 19.1 Å². The number of fused-ring (bicyclic) bond motifs is 1. The van der Waals surface area contributed by atoms with Crippen molar-refractivity contribution >= 4 is 22.6 Å². The smallest absolute Gasteiger partial charge is 0.317 e. The van der Waals surface area contributed by atoms with Crippen molar-refractivity contribution in [2.75, 3.05) is 32.7 Å². The minimum atomic E-state index is -0.781. The number of carboxylic acid groups (broad SMARTS) is 1. The second kappa shape index (κ2) is 9.85. The van der Waals surface area contributed by atoms with Crippen molar-refractivity contribution in [2.24, 2.45) is 0 Å². The lowest BCUT2D eigenvalue weighted by molar-refractivity contribution is -0.139. The fourth-order valence-corrected chi connectivity index (χ4v) is 4.31. The molecule has 6 heteroatoms. The van der Waals surface area contributed by atoms with Crippen molar-refractivity contribution in [3.05, 3.63) is 48.0 Å². The van der Waals surface area contributed by atoms with Crippen LogP contribution < -0.4 is 5.32 Å². The first-order valence-electron chi connectivity index (χ1n) is 10.4. The molecule has 1 unspecified atom stereocenters. The van der Waals surface area contributed by atoms with Crippen LogP contribution in [0.4, 0.5) is 0 Å². The zero-order valence-corrected chi connectivity index (χ0v) is 17.3. The largest absolute Gasteiger partial charge is 0.480 e. The highest BCUT2D eigenvalue weighted by Gasteiger charge is 2.26. The van der Waals surface area contributed by atoms with Gasteiger partial charge in [-0.3, -0.25) is 19.4 Å². The Morgan fingerprint density at radius 1 is 1.17 bits per heavy atom. The third-order valence-electron chi connectivity index (χ3n) is 5.85. The average Bonchev–Trinajstić information content (AvgIpc) is 2.72. The van der Waals surface area contributed by atoms with Gasteiger partial charge in [-0.1, -0.05) is 49.4 Å². The quantitative estimate of drug-likeness (QED) is 0.717. The first-order chi connectivity index (χ1) is 14.0. The maximum absolute atomic E-state index is 12.6. The van der Waals surface area contributed by atoms with Gasteiger partial charge in [-0.15, -0.1) is 0 Å². The van der Waals surface area contributed by atoms with Crippen molar-refractivity contribution in [3.63, 3.8) is 0 Å². The number of hydrogen-bond acceptors (Lipinski definition) is 4. The first kappa shape index (κ1) is 21.3. The zero-order valence-electron chi connectivity index (χ0n) is 17.3. The summed E-state index contributed by atoms with van der Waals surface area (Å²) in [6.45, 7) is 6.86. The van der Waals surface area contributed by atoms with E-state index in [1.54, 1.807) is 0 Å². The molecule has 6 nitrogen and oxygen atoms in total. The van der Waals surface area contributed by atoms with E-state index in [0.717, 1.165) is 38.0 Å². The number of nitrogens with one attached hydrogen (secondary N) is 1. The summed E-state index contributed by atoms with van der Waals surface area (Å²) >= 11 is 0. The van der Waals surface area contributed by atoms with Crippen molar-refractivity contribution in [3.8, 4) is 0 Å². The maximum atomic E-state index is 12.6. The van der Waals surface area contributed by atoms with E-state index in [1.807, 2.05) is 36.9 Å². The van der Waals surface area contributed by atoms with Gasteiger partial charge >= 0.3 is 5.97 Å².